The highest BCUT2D eigenvalue weighted by Gasteiger charge is 2.28. The predicted molar refractivity (Wildman–Crippen MR) is 170 cm³/mol. The molecule has 0 N–H and O–H groups in total. The molecule has 0 amide bonds. The summed E-state index contributed by atoms with van der Waals surface area (Å²) in [5.74, 6) is 1.01. The molecule has 0 radical (unpaired) electrons. The molecular weight excluding hydrogens is 479 g/mol. The zero-order valence-electron chi connectivity index (χ0n) is 26.3. The smallest absolute Gasteiger partial charge is 0.127 e. The van der Waals surface area contributed by atoms with Crippen molar-refractivity contribution in [1.29, 1.82) is 0 Å². The van der Waals surface area contributed by atoms with Crippen molar-refractivity contribution in [2.24, 2.45) is 0 Å². The van der Waals surface area contributed by atoms with Gasteiger partial charge in [0.15, 0.2) is 0 Å². The second-order valence-corrected chi connectivity index (χ2v) is 16.8. The van der Waals surface area contributed by atoms with Crippen LogP contribution in [0.25, 0.3) is 0 Å². The van der Waals surface area contributed by atoms with Gasteiger partial charge in [-0.1, -0.05) is 143 Å². The van der Waals surface area contributed by atoms with E-state index in [9.17, 15) is 0 Å². The number of benzene rings is 3. The van der Waals surface area contributed by atoms with E-state index in [-0.39, 0.29) is 21.7 Å². The molecule has 0 aromatic heterocycles. The Morgan fingerprint density at radius 1 is 0.553 bits per heavy atom. The molecule has 1 atom stereocenters. The van der Waals surface area contributed by atoms with E-state index in [0.29, 0.717) is 0 Å². The van der Waals surface area contributed by atoms with E-state index in [1.165, 1.54) is 38.7 Å². The van der Waals surface area contributed by atoms with Gasteiger partial charge in [0, 0.05) is 17.0 Å². The molecule has 0 aliphatic heterocycles. The highest BCUT2D eigenvalue weighted by molar-refractivity contribution is 7.60. The van der Waals surface area contributed by atoms with Crippen molar-refractivity contribution >= 4 is 13.5 Å². The largest absolute Gasteiger partial charge is 0.469 e. The van der Waals surface area contributed by atoms with Crippen LogP contribution in [0.15, 0.2) is 60.7 Å². The van der Waals surface area contributed by atoms with Crippen molar-refractivity contribution in [3.63, 3.8) is 0 Å². The standard InChI is InChI=1S/C36H51OP/c1-25-14-19-29(20-15-25)38(24-26-16-17-27(33(2,3)4)22-30(26)35(8,9)10)37-32-21-18-28(34(5,6)7)23-31(32)36(11,12)13/h14-23H,24H2,1-13H3. The summed E-state index contributed by atoms with van der Waals surface area (Å²) in [6.45, 7) is 29.7. The second-order valence-electron chi connectivity index (χ2n) is 15.0. The molecule has 38 heavy (non-hydrogen) atoms. The van der Waals surface area contributed by atoms with Crippen LogP contribution in [0.4, 0.5) is 0 Å². The first kappa shape index (κ1) is 30.4. The lowest BCUT2D eigenvalue weighted by Gasteiger charge is -2.31. The minimum absolute atomic E-state index is 0.0181. The maximum Gasteiger partial charge on any atom is 0.127 e. The van der Waals surface area contributed by atoms with Gasteiger partial charge in [-0.05, 0) is 56.9 Å². The number of rotatable bonds is 5. The molecule has 0 saturated heterocycles. The summed E-state index contributed by atoms with van der Waals surface area (Å²) in [5, 5.41) is 1.28. The summed E-state index contributed by atoms with van der Waals surface area (Å²) in [4.78, 5) is 0. The molecule has 3 aromatic rings. The molecule has 2 heteroatoms. The van der Waals surface area contributed by atoms with Crippen LogP contribution in [0.3, 0.4) is 0 Å². The summed E-state index contributed by atoms with van der Waals surface area (Å²) in [6, 6.07) is 22.9. The maximum atomic E-state index is 7.10. The third kappa shape index (κ3) is 7.51. The van der Waals surface area contributed by atoms with Crippen LogP contribution in [-0.4, -0.2) is 0 Å². The van der Waals surface area contributed by atoms with Crippen molar-refractivity contribution in [3.05, 3.63) is 94.0 Å². The zero-order valence-corrected chi connectivity index (χ0v) is 27.2. The van der Waals surface area contributed by atoms with Gasteiger partial charge in [-0.2, -0.15) is 0 Å². The fourth-order valence-corrected chi connectivity index (χ4v) is 6.52. The van der Waals surface area contributed by atoms with E-state index in [2.05, 4.69) is 151 Å². The Hall–Kier alpha value is -2.11. The summed E-state index contributed by atoms with van der Waals surface area (Å²) in [7, 11) is -0.923. The summed E-state index contributed by atoms with van der Waals surface area (Å²) in [6.07, 6.45) is 0.889. The van der Waals surface area contributed by atoms with E-state index in [1.54, 1.807) is 0 Å². The zero-order chi connectivity index (χ0) is 28.7. The minimum Gasteiger partial charge on any atom is -0.469 e. The third-order valence-corrected chi connectivity index (χ3v) is 9.20. The Bertz CT molecular complexity index is 1160. The van der Waals surface area contributed by atoms with Crippen LogP contribution in [0.2, 0.25) is 0 Å². The molecule has 1 nitrogen and oxygen atoms in total. The van der Waals surface area contributed by atoms with Crippen LogP contribution < -0.4 is 9.83 Å². The topological polar surface area (TPSA) is 9.23 Å². The van der Waals surface area contributed by atoms with Gasteiger partial charge in [0.25, 0.3) is 0 Å². The van der Waals surface area contributed by atoms with E-state index < -0.39 is 8.15 Å². The van der Waals surface area contributed by atoms with Crippen molar-refractivity contribution in [2.45, 2.75) is 118 Å². The van der Waals surface area contributed by atoms with Crippen molar-refractivity contribution in [2.75, 3.05) is 0 Å². The molecule has 0 aliphatic carbocycles. The van der Waals surface area contributed by atoms with Gasteiger partial charge in [-0.25, -0.2) is 0 Å². The van der Waals surface area contributed by atoms with Crippen molar-refractivity contribution in [3.8, 4) is 5.75 Å². The lowest BCUT2D eigenvalue weighted by molar-refractivity contribution is 0.529. The van der Waals surface area contributed by atoms with Gasteiger partial charge in [0.1, 0.15) is 13.9 Å². The lowest BCUT2D eigenvalue weighted by atomic mass is 9.79. The molecule has 0 spiro atoms. The van der Waals surface area contributed by atoms with Gasteiger partial charge >= 0.3 is 0 Å². The van der Waals surface area contributed by atoms with Gasteiger partial charge < -0.3 is 4.52 Å². The van der Waals surface area contributed by atoms with Gasteiger partial charge in [0.2, 0.25) is 0 Å². The molecule has 0 bridgehead atoms. The molecule has 3 rings (SSSR count). The Labute approximate surface area is 235 Å². The van der Waals surface area contributed by atoms with Crippen LogP contribution in [0.5, 0.6) is 5.75 Å². The van der Waals surface area contributed by atoms with Crippen LogP contribution in [0.1, 0.15) is 116 Å². The fourth-order valence-electron chi connectivity index (χ4n) is 4.70. The molecule has 3 aromatic carbocycles. The van der Waals surface area contributed by atoms with E-state index in [4.69, 9.17) is 4.52 Å². The first-order valence-corrected chi connectivity index (χ1v) is 15.5. The number of aryl methyl sites for hydroxylation is 1. The van der Waals surface area contributed by atoms with E-state index in [1.807, 2.05) is 0 Å². The number of hydrogen-bond donors (Lipinski definition) is 0. The normalized spacial score (nSPS) is 13.9. The molecule has 0 heterocycles. The third-order valence-electron chi connectivity index (χ3n) is 7.28. The Morgan fingerprint density at radius 3 is 1.50 bits per heavy atom. The first-order chi connectivity index (χ1) is 17.3. The highest BCUT2D eigenvalue weighted by Crippen LogP contribution is 2.47. The van der Waals surface area contributed by atoms with Crippen molar-refractivity contribution in [1.82, 2.24) is 0 Å². The molecule has 0 fully saturated rings. The lowest BCUT2D eigenvalue weighted by Crippen LogP contribution is -2.20. The van der Waals surface area contributed by atoms with Crippen LogP contribution in [-0.2, 0) is 27.8 Å². The van der Waals surface area contributed by atoms with E-state index in [0.717, 1.165) is 11.9 Å². The Morgan fingerprint density at radius 2 is 1.03 bits per heavy atom. The first-order valence-electron chi connectivity index (χ1n) is 14.1. The highest BCUT2D eigenvalue weighted by atomic mass is 31.1. The average molecular weight is 531 g/mol. The van der Waals surface area contributed by atoms with Crippen LogP contribution >= 0.6 is 8.15 Å². The van der Waals surface area contributed by atoms with Crippen LogP contribution in [0, 0.1) is 6.92 Å². The van der Waals surface area contributed by atoms with Gasteiger partial charge in [-0.15, -0.1) is 0 Å². The molecule has 1 unspecified atom stereocenters. The molecule has 0 aliphatic rings. The monoisotopic (exact) mass is 530 g/mol. The fraction of sp³-hybridized carbons (Fsp3) is 0.500. The average Bonchev–Trinajstić information content (AvgIpc) is 2.76. The van der Waals surface area contributed by atoms with E-state index >= 15 is 0 Å². The Balaban J connectivity index is 2.14. The molecule has 0 saturated carbocycles. The number of hydrogen-bond acceptors (Lipinski definition) is 1. The molecular formula is C36H51OP. The minimum atomic E-state index is -0.923. The second kappa shape index (κ2) is 10.8. The SMILES string of the molecule is Cc1ccc(P(Cc2ccc(C(C)(C)C)cc2C(C)(C)C)Oc2ccc(C(C)(C)C)cc2C(C)(C)C)cc1. The maximum absolute atomic E-state index is 7.10. The summed E-state index contributed by atoms with van der Waals surface area (Å²) >= 11 is 0. The summed E-state index contributed by atoms with van der Waals surface area (Å²) in [5.41, 5.74) is 8.35. The summed E-state index contributed by atoms with van der Waals surface area (Å²) < 4.78 is 7.10. The van der Waals surface area contributed by atoms with Gasteiger partial charge in [-0.3, -0.25) is 0 Å². The quantitative estimate of drug-likeness (QED) is 0.298. The Kier molecular flexibility index (Phi) is 8.66. The molecule has 206 valence electrons. The van der Waals surface area contributed by atoms with Crippen molar-refractivity contribution < 1.29 is 4.52 Å². The van der Waals surface area contributed by atoms with Gasteiger partial charge in [0.05, 0.1) is 0 Å². The predicted octanol–water partition coefficient (Wildman–Crippen LogP) is 10.5.